The molecule has 102 heavy (non-hydrogen) atoms. The second kappa shape index (κ2) is 75.0. The molecule has 0 rings (SSSR count). The SMILES string of the molecule is CC/C=C\C/C=C\C/C=C\C/C=C\C/C=C\CCCC(=O)OCC(COP(=O)(O)OCC(O)COP(=O)(O)OCC(COC(=O)CCCCCCC/C=C\C/C=C\CCCCC)OC(=O)CCCCCCCCCCCCCCCCC)OC(=O)CCCCCCC/C=C\C/C=C\CCCCC. The molecule has 0 radical (unpaired) electrons. The van der Waals surface area contributed by atoms with Crippen LogP contribution in [0, 0.1) is 0 Å². The Morgan fingerprint density at radius 3 is 0.843 bits per heavy atom. The maximum Gasteiger partial charge on any atom is 0.472 e. The van der Waals surface area contributed by atoms with E-state index < -0.39 is 97.5 Å². The summed E-state index contributed by atoms with van der Waals surface area (Å²) >= 11 is 0. The zero-order valence-corrected chi connectivity index (χ0v) is 66.0. The molecule has 0 bridgehead atoms. The molecule has 588 valence electrons. The van der Waals surface area contributed by atoms with Crippen LogP contribution in [-0.2, 0) is 65.4 Å². The summed E-state index contributed by atoms with van der Waals surface area (Å²) in [6, 6.07) is 0. The number of rotatable bonds is 75. The van der Waals surface area contributed by atoms with Crippen LogP contribution in [0.5, 0.6) is 0 Å². The third-order valence-electron chi connectivity index (χ3n) is 16.7. The van der Waals surface area contributed by atoms with Crippen molar-refractivity contribution in [2.24, 2.45) is 0 Å². The minimum absolute atomic E-state index is 0.0656. The van der Waals surface area contributed by atoms with Crippen LogP contribution in [0.15, 0.2) is 109 Å². The third-order valence-corrected chi connectivity index (χ3v) is 18.6. The van der Waals surface area contributed by atoms with E-state index in [2.05, 4.69) is 125 Å². The molecular weight excluding hydrogens is 1330 g/mol. The normalized spacial score (nSPS) is 14.5. The quantitative estimate of drug-likeness (QED) is 0.0169. The summed E-state index contributed by atoms with van der Waals surface area (Å²) in [6.07, 6.45) is 80.7. The van der Waals surface area contributed by atoms with Gasteiger partial charge < -0.3 is 33.8 Å². The minimum atomic E-state index is -4.99. The molecule has 0 saturated heterocycles. The van der Waals surface area contributed by atoms with Gasteiger partial charge >= 0.3 is 39.5 Å². The Hall–Kier alpha value is -4.28. The van der Waals surface area contributed by atoms with Gasteiger partial charge in [0.15, 0.2) is 12.2 Å². The van der Waals surface area contributed by atoms with Crippen molar-refractivity contribution in [2.45, 2.75) is 354 Å². The smallest absolute Gasteiger partial charge is 0.462 e. The number of ether oxygens (including phenoxy) is 4. The minimum Gasteiger partial charge on any atom is -0.462 e. The van der Waals surface area contributed by atoms with Gasteiger partial charge in [0, 0.05) is 25.7 Å². The average Bonchev–Trinajstić information content (AvgIpc) is 0.923. The molecule has 0 aliphatic heterocycles. The summed E-state index contributed by atoms with van der Waals surface area (Å²) in [7, 11) is -9.98. The van der Waals surface area contributed by atoms with Crippen LogP contribution in [0.25, 0.3) is 0 Å². The monoisotopic (exact) mass is 1470 g/mol. The van der Waals surface area contributed by atoms with Crippen molar-refractivity contribution in [2.75, 3.05) is 39.6 Å². The molecule has 19 heteroatoms. The van der Waals surface area contributed by atoms with Crippen LogP contribution < -0.4 is 0 Å². The van der Waals surface area contributed by atoms with Gasteiger partial charge in [-0.3, -0.25) is 37.3 Å². The van der Waals surface area contributed by atoms with Gasteiger partial charge in [-0.15, -0.1) is 0 Å². The highest BCUT2D eigenvalue weighted by molar-refractivity contribution is 7.47. The topological polar surface area (TPSA) is 237 Å². The highest BCUT2D eigenvalue weighted by atomic mass is 31.2. The molecule has 0 aromatic rings. The predicted molar refractivity (Wildman–Crippen MR) is 418 cm³/mol. The van der Waals surface area contributed by atoms with E-state index in [0.717, 1.165) is 148 Å². The van der Waals surface area contributed by atoms with E-state index in [1.807, 2.05) is 12.2 Å². The number of allylic oxidation sites excluding steroid dienone is 18. The van der Waals surface area contributed by atoms with Crippen molar-refractivity contribution in [1.29, 1.82) is 0 Å². The number of carbonyl (C=O) groups excluding carboxylic acids is 4. The molecule has 0 aliphatic rings. The lowest BCUT2D eigenvalue weighted by Gasteiger charge is -2.21. The number of aliphatic hydroxyl groups excluding tert-OH is 1. The number of esters is 4. The van der Waals surface area contributed by atoms with E-state index in [-0.39, 0.29) is 25.7 Å². The Morgan fingerprint density at radius 2 is 0.520 bits per heavy atom. The Balaban J connectivity index is 5.42. The zero-order valence-electron chi connectivity index (χ0n) is 64.3. The van der Waals surface area contributed by atoms with Crippen LogP contribution in [0.2, 0.25) is 0 Å². The maximum absolute atomic E-state index is 13.1. The molecular formula is C83H144O17P2. The Bertz CT molecular complexity index is 2360. The molecule has 17 nitrogen and oxygen atoms in total. The summed E-state index contributed by atoms with van der Waals surface area (Å²) in [5.41, 5.74) is 0. The lowest BCUT2D eigenvalue weighted by atomic mass is 10.0. The highest BCUT2D eigenvalue weighted by Crippen LogP contribution is 2.45. The highest BCUT2D eigenvalue weighted by Gasteiger charge is 2.30. The second-order valence-electron chi connectivity index (χ2n) is 26.6. The van der Waals surface area contributed by atoms with Crippen LogP contribution >= 0.6 is 15.6 Å². The van der Waals surface area contributed by atoms with E-state index >= 15 is 0 Å². The number of phosphoric acid groups is 2. The van der Waals surface area contributed by atoms with Gasteiger partial charge in [0.05, 0.1) is 26.4 Å². The number of carbonyl (C=O) groups is 4. The van der Waals surface area contributed by atoms with E-state index in [0.29, 0.717) is 32.1 Å². The molecule has 5 unspecified atom stereocenters. The number of unbranched alkanes of at least 4 members (excludes halogenated alkanes) is 31. The summed E-state index contributed by atoms with van der Waals surface area (Å²) in [5, 5.41) is 10.6. The van der Waals surface area contributed by atoms with E-state index in [9.17, 15) is 43.2 Å². The fraction of sp³-hybridized carbons (Fsp3) is 0.735. The zero-order chi connectivity index (χ0) is 74.6. The van der Waals surface area contributed by atoms with Crippen LogP contribution in [-0.4, -0.2) is 96.7 Å². The van der Waals surface area contributed by atoms with Gasteiger partial charge in [0.1, 0.15) is 19.3 Å². The molecule has 0 saturated carbocycles. The molecule has 0 heterocycles. The standard InChI is InChI=1S/C83H144O17P2/c1-5-9-13-17-21-25-29-33-37-38-42-44-48-52-56-60-64-68-81(86)94-74-79(100-83(88)70-66-62-58-54-50-46-41-36-32-28-24-20-16-12-8-4)76-98-102(91,92)96-72-77(84)71-95-101(89,90)97-75-78(99-82(87)69-65-61-57-53-49-45-40-35-31-27-23-19-15-11-7-3)73-93-80(85)67-63-59-55-51-47-43-39-34-30-26-22-18-14-10-6-2/h9,13,21-22,24-26,28,33-34,36-37,39,41-42,44,52,56,77-79,84H,5-8,10-12,14-20,23,27,29-32,35,38,40,43,45-51,53-55,57-76H2,1-4H3,(H,89,90)(H,91,92)/b13-9-,25-21-,26-22-,28-24-,37-33-,39-34-,41-36-,44-42-,56-52-. The van der Waals surface area contributed by atoms with Crippen molar-refractivity contribution in [3.05, 3.63) is 109 Å². The number of aliphatic hydroxyl groups is 1. The average molecular weight is 1480 g/mol. The van der Waals surface area contributed by atoms with Crippen molar-refractivity contribution in [1.82, 2.24) is 0 Å². The Labute approximate surface area is 619 Å². The van der Waals surface area contributed by atoms with Gasteiger partial charge in [-0.25, -0.2) is 9.13 Å². The molecule has 0 aromatic carbocycles. The summed E-state index contributed by atoms with van der Waals surface area (Å²) in [6.45, 7) is 4.65. The fourth-order valence-corrected chi connectivity index (χ4v) is 12.2. The van der Waals surface area contributed by atoms with Crippen molar-refractivity contribution in [3.8, 4) is 0 Å². The Kier molecular flexibility index (Phi) is 71.8. The lowest BCUT2D eigenvalue weighted by molar-refractivity contribution is -0.161. The van der Waals surface area contributed by atoms with Gasteiger partial charge in [-0.1, -0.05) is 291 Å². The van der Waals surface area contributed by atoms with Crippen molar-refractivity contribution >= 4 is 39.5 Å². The van der Waals surface area contributed by atoms with Crippen LogP contribution in [0.3, 0.4) is 0 Å². The van der Waals surface area contributed by atoms with Gasteiger partial charge in [-0.05, 0) is 128 Å². The number of phosphoric ester groups is 2. The van der Waals surface area contributed by atoms with Gasteiger partial charge in [-0.2, -0.15) is 0 Å². The molecule has 0 aromatic heterocycles. The second-order valence-corrected chi connectivity index (χ2v) is 29.5. The molecule has 5 atom stereocenters. The third kappa shape index (κ3) is 74.0. The molecule has 0 amide bonds. The largest absolute Gasteiger partial charge is 0.472 e. The number of hydrogen-bond acceptors (Lipinski definition) is 15. The first kappa shape index (κ1) is 97.7. The molecule has 0 fully saturated rings. The molecule has 3 N–H and O–H groups in total. The first-order valence-corrected chi connectivity index (χ1v) is 43.1. The van der Waals surface area contributed by atoms with E-state index in [4.69, 9.17) is 37.0 Å². The molecule has 0 spiro atoms. The first-order chi connectivity index (χ1) is 49.7. The van der Waals surface area contributed by atoms with Gasteiger partial charge in [0.25, 0.3) is 0 Å². The maximum atomic E-state index is 13.1. The molecule has 0 aliphatic carbocycles. The van der Waals surface area contributed by atoms with E-state index in [1.165, 1.54) is 103 Å². The van der Waals surface area contributed by atoms with Gasteiger partial charge in [0.2, 0.25) is 0 Å². The summed E-state index contributed by atoms with van der Waals surface area (Å²) in [4.78, 5) is 73.0. The lowest BCUT2D eigenvalue weighted by Crippen LogP contribution is -2.30. The van der Waals surface area contributed by atoms with Crippen molar-refractivity contribution < 1.29 is 80.2 Å². The van der Waals surface area contributed by atoms with E-state index in [1.54, 1.807) is 0 Å². The number of hydrogen-bond donors (Lipinski definition) is 3. The summed E-state index contributed by atoms with van der Waals surface area (Å²) in [5.74, 6) is -2.26. The van der Waals surface area contributed by atoms with Crippen LogP contribution in [0.1, 0.15) is 336 Å². The summed E-state index contributed by atoms with van der Waals surface area (Å²) < 4.78 is 68.6. The van der Waals surface area contributed by atoms with Crippen molar-refractivity contribution in [3.63, 3.8) is 0 Å². The van der Waals surface area contributed by atoms with Crippen LogP contribution in [0.4, 0.5) is 0 Å². The fourth-order valence-electron chi connectivity index (χ4n) is 10.6. The predicted octanol–water partition coefficient (Wildman–Crippen LogP) is 23.3. The Morgan fingerprint density at radius 1 is 0.284 bits per heavy atom. The first-order valence-electron chi connectivity index (χ1n) is 40.1.